The zero-order chi connectivity index (χ0) is 17.1. The minimum absolute atomic E-state index is 0.131. The molecule has 0 aromatic heterocycles. The van der Waals surface area contributed by atoms with Gasteiger partial charge in [0.05, 0.1) is 23.0 Å². The lowest BCUT2D eigenvalue weighted by Crippen LogP contribution is -2.49. The highest BCUT2D eigenvalue weighted by molar-refractivity contribution is 6.20. The number of carbonyl (C=O) groups is 2. The Morgan fingerprint density at radius 2 is 1.83 bits per heavy atom. The molecule has 0 saturated heterocycles. The van der Waals surface area contributed by atoms with Crippen molar-refractivity contribution >= 4 is 23.2 Å². The first-order valence-corrected chi connectivity index (χ1v) is 8.63. The van der Waals surface area contributed by atoms with Crippen LogP contribution in [0.25, 0.3) is 0 Å². The van der Waals surface area contributed by atoms with Gasteiger partial charge >= 0.3 is 0 Å². The average Bonchev–Trinajstić information content (AvgIpc) is 3.45. The van der Waals surface area contributed by atoms with Crippen LogP contribution in [0, 0.1) is 22.7 Å². The number of nitrogens with zero attached hydrogens (tertiary/aromatic N) is 3. The van der Waals surface area contributed by atoms with Crippen LogP contribution in [0.5, 0.6) is 0 Å². The normalized spacial score (nSPS) is 22.9. The predicted octanol–water partition coefficient (Wildman–Crippen LogP) is 2.84. The summed E-state index contributed by atoms with van der Waals surface area (Å²) in [4.78, 5) is 29.9. The SMILES string of the molecule is CC1(C)C(=O)N(CC2CC2)c2ccc(C#N)cc2N(C2CC2)C1=O. The molecule has 4 rings (SSSR count). The Balaban J connectivity index is 1.90. The van der Waals surface area contributed by atoms with E-state index in [1.807, 2.05) is 6.07 Å². The molecule has 0 spiro atoms. The van der Waals surface area contributed by atoms with Crippen molar-refractivity contribution in [3.05, 3.63) is 23.8 Å². The maximum atomic E-state index is 13.2. The van der Waals surface area contributed by atoms with E-state index in [0.29, 0.717) is 18.0 Å². The molecular weight excluding hydrogens is 302 g/mol. The third-order valence-electron chi connectivity index (χ3n) is 5.24. The largest absolute Gasteiger partial charge is 0.309 e. The Hall–Kier alpha value is -2.35. The molecule has 0 atom stereocenters. The number of carbonyl (C=O) groups excluding carboxylic acids is 2. The molecule has 24 heavy (non-hydrogen) atoms. The van der Waals surface area contributed by atoms with Crippen molar-refractivity contribution in [3.8, 4) is 6.07 Å². The van der Waals surface area contributed by atoms with E-state index in [1.165, 1.54) is 0 Å². The molecule has 1 aromatic rings. The van der Waals surface area contributed by atoms with Gasteiger partial charge in [-0.15, -0.1) is 0 Å². The van der Waals surface area contributed by atoms with Crippen molar-refractivity contribution in [1.29, 1.82) is 5.26 Å². The Morgan fingerprint density at radius 3 is 2.42 bits per heavy atom. The zero-order valence-electron chi connectivity index (χ0n) is 14.1. The van der Waals surface area contributed by atoms with Gasteiger partial charge in [-0.25, -0.2) is 0 Å². The number of hydrogen-bond acceptors (Lipinski definition) is 3. The van der Waals surface area contributed by atoms with Crippen molar-refractivity contribution in [3.63, 3.8) is 0 Å². The Labute approximate surface area is 141 Å². The third kappa shape index (κ3) is 2.29. The second-order valence-electron chi connectivity index (χ2n) is 7.71. The first-order chi connectivity index (χ1) is 11.4. The minimum atomic E-state index is -1.08. The topological polar surface area (TPSA) is 64.4 Å². The predicted molar refractivity (Wildman–Crippen MR) is 90.5 cm³/mol. The molecule has 2 aliphatic carbocycles. The van der Waals surface area contributed by atoms with Crippen LogP contribution in [0.2, 0.25) is 0 Å². The van der Waals surface area contributed by atoms with Gasteiger partial charge in [0, 0.05) is 12.6 Å². The fourth-order valence-corrected chi connectivity index (χ4v) is 3.40. The first kappa shape index (κ1) is 15.2. The summed E-state index contributed by atoms with van der Waals surface area (Å²) < 4.78 is 0. The van der Waals surface area contributed by atoms with Crippen molar-refractivity contribution < 1.29 is 9.59 Å². The lowest BCUT2D eigenvalue weighted by atomic mass is 9.90. The van der Waals surface area contributed by atoms with Crippen LogP contribution >= 0.6 is 0 Å². The van der Waals surface area contributed by atoms with Crippen LogP contribution in [-0.4, -0.2) is 24.4 Å². The van der Waals surface area contributed by atoms with Gasteiger partial charge in [-0.05, 0) is 63.6 Å². The van der Waals surface area contributed by atoms with Crippen LogP contribution in [0.1, 0.15) is 45.1 Å². The number of anilines is 2. The van der Waals surface area contributed by atoms with Gasteiger partial charge in [0.1, 0.15) is 5.41 Å². The molecular formula is C19H21N3O2. The highest BCUT2D eigenvalue weighted by atomic mass is 16.2. The Morgan fingerprint density at radius 1 is 1.12 bits per heavy atom. The van der Waals surface area contributed by atoms with Gasteiger partial charge in [0.25, 0.3) is 0 Å². The summed E-state index contributed by atoms with van der Waals surface area (Å²) in [6, 6.07) is 7.63. The second kappa shape index (κ2) is 5.07. The minimum Gasteiger partial charge on any atom is -0.309 e. The maximum absolute atomic E-state index is 13.2. The summed E-state index contributed by atoms with van der Waals surface area (Å²) in [6.45, 7) is 4.11. The number of nitriles is 1. The maximum Gasteiger partial charge on any atom is 0.242 e. The monoisotopic (exact) mass is 323 g/mol. The van der Waals surface area contributed by atoms with E-state index in [4.69, 9.17) is 0 Å². The first-order valence-electron chi connectivity index (χ1n) is 8.63. The van der Waals surface area contributed by atoms with Crippen LogP contribution < -0.4 is 9.80 Å². The lowest BCUT2D eigenvalue weighted by Gasteiger charge is -2.28. The third-order valence-corrected chi connectivity index (χ3v) is 5.24. The van der Waals surface area contributed by atoms with E-state index in [-0.39, 0.29) is 17.9 Å². The number of hydrogen-bond donors (Lipinski definition) is 0. The fraction of sp³-hybridized carbons (Fsp3) is 0.526. The van der Waals surface area contributed by atoms with Gasteiger partial charge < -0.3 is 9.80 Å². The molecule has 3 aliphatic rings. The van der Waals surface area contributed by atoms with Gasteiger partial charge in [-0.3, -0.25) is 9.59 Å². The quantitative estimate of drug-likeness (QED) is 0.804. The molecule has 2 fully saturated rings. The van der Waals surface area contributed by atoms with E-state index >= 15 is 0 Å². The van der Waals surface area contributed by atoms with Crippen molar-refractivity contribution in [2.24, 2.45) is 11.3 Å². The Kier molecular flexibility index (Phi) is 3.21. The molecule has 0 bridgehead atoms. The molecule has 0 radical (unpaired) electrons. The number of fused-ring (bicyclic) bond motifs is 1. The number of benzene rings is 1. The van der Waals surface area contributed by atoms with E-state index < -0.39 is 5.41 Å². The summed E-state index contributed by atoms with van der Waals surface area (Å²) in [5.74, 6) is 0.244. The lowest BCUT2D eigenvalue weighted by molar-refractivity contribution is -0.137. The van der Waals surface area contributed by atoms with Gasteiger partial charge in [0.15, 0.2) is 0 Å². The molecule has 2 saturated carbocycles. The van der Waals surface area contributed by atoms with Crippen molar-refractivity contribution in [2.45, 2.75) is 45.6 Å². The van der Waals surface area contributed by atoms with Crippen LogP contribution in [0.15, 0.2) is 18.2 Å². The highest BCUT2D eigenvalue weighted by Crippen LogP contribution is 2.45. The molecule has 124 valence electrons. The summed E-state index contributed by atoms with van der Waals surface area (Å²) in [5, 5.41) is 9.26. The Bertz CT molecular complexity index is 769. The molecule has 1 aliphatic heterocycles. The molecule has 5 nitrogen and oxygen atoms in total. The standard InChI is InChI=1S/C19H21N3O2/c1-19(2)17(23)21(11-12-3-4-12)15-8-5-13(10-20)9-16(15)22(18(19)24)14-6-7-14/h5,8-9,12,14H,3-4,6-7,11H2,1-2H3. The molecule has 0 N–H and O–H groups in total. The molecule has 2 amide bonds. The van der Waals surface area contributed by atoms with Gasteiger partial charge in [-0.2, -0.15) is 5.26 Å². The summed E-state index contributed by atoms with van der Waals surface area (Å²) >= 11 is 0. The number of rotatable bonds is 3. The molecule has 1 heterocycles. The molecule has 5 heteroatoms. The molecule has 1 aromatic carbocycles. The van der Waals surface area contributed by atoms with E-state index in [0.717, 1.165) is 37.1 Å². The fourth-order valence-electron chi connectivity index (χ4n) is 3.40. The summed E-state index contributed by atoms with van der Waals surface area (Å²) in [6.07, 6.45) is 4.18. The average molecular weight is 323 g/mol. The summed E-state index contributed by atoms with van der Waals surface area (Å²) in [7, 11) is 0. The highest BCUT2D eigenvalue weighted by Gasteiger charge is 2.50. The zero-order valence-corrected chi connectivity index (χ0v) is 14.1. The second-order valence-corrected chi connectivity index (χ2v) is 7.71. The van der Waals surface area contributed by atoms with Crippen LogP contribution in [-0.2, 0) is 9.59 Å². The van der Waals surface area contributed by atoms with E-state index in [9.17, 15) is 14.9 Å². The number of amides is 2. The van der Waals surface area contributed by atoms with Crippen LogP contribution in [0.4, 0.5) is 11.4 Å². The van der Waals surface area contributed by atoms with Crippen LogP contribution in [0.3, 0.4) is 0 Å². The summed E-state index contributed by atoms with van der Waals surface area (Å²) in [5.41, 5.74) is 0.937. The van der Waals surface area contributed by atoms with Crippen molar-refractivity contribution in [1.82, 2.24) is 0 Å². The smallest absolute Gasteiger partial charge is 0.242 e. The van der Waals surface area contributed by atoms with Gasteiger partial charge in [-0.1, -0.05) is 0 Å². The van der Waals surface area contributed by atoms with Crippen molar-refractivity contribution in [2.75, 3.05) is 16.3 Å². The van der Waals surface area contributed by atoms with E-state index in [2.05, 4.69) is 6.07 Å². The van der Waals surface area contributed by atoms with E-state index in [1.54, 1.807) is 35.8 Å². The van der Waals surface area contributed by atoms with Gasteiger partial charge in [0.2, 0.25) is 11.8 Å². The molecule has 0 unspecified atom stereocenters.